The van der Waals surface area contributed by atoms with Gasteiger partial charge in [-0.15, -0.1) is 11.3 Å². The first-order valence-electron chi connectivity index (χ1n) is 6.70. The van der Waals surface area contributed by atoms with E-state index < -0.39 is 10.0 Å². The first kappa shape index (κ1) is 15.4. The smallest absolute Gasteiger partial charge is 0.273 e. The molecule has 1 amide bonds. The molecule has 0 unspecified atom stereocenters. The Morgan fingerprint density at radius 3 is 2.60 bits per heavy atom. The average Bonchev–Trinajstić information content (AvgIpc) is 2.99. The number of thiazole rings is 1. The molecule has 1 aliphatic heterocycles. The molecule has 1 aromatic rings. The summed E-state index contributed by atoms with van der Waals surface area (Å²) < 4.78 is 25.6. The van der Waals surface area contributed by atoms with Crippen LogP contribution in [0.5, 0.6) is 0 Å². The second kappa shape index (κ2) is 6.64. The highest BCUT2D eigenvalue weighted by Crippen LogP contribution is 2.13. The van der Waals surface area contributed by atoms with Crippen molar-refractivity contribution in [3.05, 3.63) is 16.6 Å². The Balaban J connectivity index is 1.91. The van der Waals surface area contributed by atoms with Crippen LogP contribution in [-0.4, -0.2) is 60.4 Å². The number of carbonyl (C=O) groups excluding carboxylic acids is 1. The van der Waals surface area contributed by atoms with E-state index in [2.05, 4.69) is 4.98 Å². The summed E-state index contributed by atoms with van der Waals surface area (Å²) in [6.45, 7) is 3.59. The first-order chi connectivity index (χ1) is 9.54. The number of amides is 1. The second-order valence-corrected chi connectivity index (χ2v) is 7.54. The molecule has 8 heteroatoms. The van der Waals surface area contributed by atoms with Gasteiger partial charge in [0.2, 0.25) is 10.0 Å². The van der Waals surface area contributed by atoms with Crippen LogP contribution in [0.1, 0.15) is 30.3 Å². The summed E-state index contributed by atoms with van der Waals surface area (Å²) in [7, 11) is -3.17. The van der Waals surface area contributed by atoms with Crippen LogP contribution in [-0.2, 0) is 10.0 Å². The lowest BCUT2D eigenvalue weighted by Crippen LogP contribution is -2.51. The van der Waals surface area contributed by atoms with Crippen molar-refractivity contribution in [2.75, 3.05) is 31.9 Å². The standard InChI is InChI=1S/C12H19N3O3S2/c1-2-3-8-20(17,18)15-6-4-14(5-7-15)12(16)11-9-19-10-13-11/h9-10H,2-8H2,1H3. The van der Waals surface area contributed by atoms with E-state index in [-0.39, 0.29) is 11.7 Å². The molecule has 2 rings (SSSR count). The van der Waals surface area contributed by atoms with Crippen molar-refractivity contribution in [2.24, 2.45) is 0 Å². The number of rotatable bonds is 5. The second-order valence-electron chi connectivity index (χ2n) is 4.73. The summed E-state index contributed by atoms with van der Waals surface area (Å²) in [4.78, 5) is 17.8. The van der Waals surface area contributed by atoms with Crippen LogP contribution in [0, 0.1) is 0 Å². The van der Waals surface area contributed by atoms with Gasteiger partial charge in [-0.1, -0.05) is 13.3 Å². The van der Waals surface area contributed by atoms with Gasteiger partial charge in [0.1, 0.15) is 5.69 Å². The Labute approximate surface area is 123 Å². The van der Waals surface area contributed by atoms with Crippen molar-refractivity contribution < 1.29 is 13.2 Å². The quantitative estimate of drug-likeness (QED) is 0.813. The van der Waals surface area contributed by atoms with Crippen molar-refractivity contribution in [2.45, 2.75) is 19.8 Å². The number of nitrogens with zero attached hydrogens (tertiary/aromatic N) is 3. The molecule has 2 heterocycles. The molecule has 1 aromatic heterocycles. The normalized spacial score (nSPS) is 17.4. The number of carbonyl (C=O) groups is 1. The number of hydrogen-bond donors (Lipinski definition) is 0. The fraction of sp³-hybridized carbons (Fsp3) is 0.667. The van der Waals surface area contributed by atoms with Gasteiger partial charge >= 0.3 is 0 Å². The molecule has 6 nitrogen and oxygen atoms in total. The van der Waals surface area contributed by atoms with E-state index in [9.17, 15) is 13.2 Å². The first-order valence-corrected chi connectivity index (χ1v) is 9.25. The third kappa shape index (κ3) is 3.56. The Bertz CT molecular complexity index is 534. The molecule has 20 heavy (non-hydrogen) atoms. The number of aromatic nitrogens is 1. The molecule has 112 valence electrons. The summed E-state index contributed by atoms with van der Waals surface area (Å²) in [5.41, 5.74) is 2.07. The predicted molar refractivity (Wildman–Crippen MR) is 78.3 cm³/mol. The molecule has 0 radical (unpaired) electrons. The van der Waals surface area contributed by atoms with Crippen LogP contribution in [0.4, 0.5) is 0 Å². The minimum absolute atomic E-state index is 0.114. The summed E-state index contributed by atoms with van der Waals surface area (Å²) >= 11 is 1.38. The topological polar surface area (TPSA) is 70.6 Å². The van der Waals surface area contributed by atoms with Crippen LogP contribution in [0.25, 0.3) is 0 Å². The zero-order valence-electron chi connectivity index (χ0n) is 11.5. The van der Waals surface area contributed by atoms with E-state index in [0.717, 1.165) is 6.42 Å². The highest BCUT2D eigenvalue weighted by molar-refractivity contribution is 7.89. The van der Waals surface area contributed by atoms with Crippen molar-refractivity contribution in [1.29, 1.82) is 0 Å². The molecular formula is C12H19N3O3S2. The van der Waals surface area contributed by atoms with Gasteiger partial charge < -0.3 is 4.90 Å². The molecule has 0 aliphatic carbocycles. The van der Waals surface area contributed by atoms with E-state index in [1.54, 1.807) is 15.8 Å². The lowest BCUT2D eigenvalue weighted by molar-refractivity contribution is 0.0693. The fourth-order valence-electron chi connectivity index (χ4n) is 2.11. The molecule has 1 aliphatic rings. The predicted octanol–water partition coefficient (Wildman–Crippen LogP) is 1.03. The number of unbranched alkanes of at least 4 members (excludes halogenated alkanes) is 1. The molecule has 0 bridgehead atoms. The number of hydrogen-bond acceptors (Lipinski definition) is 5. The van der Waals surface area contributed by atoms with Gasteiger partial charge in [0.15, 0.2) is 0 Å². The van der Waals surface area contributed by atoms with Crippen molar-refractivity contribution in [1.82, 2.24) is 14.2 Å². The fourth-order valence-corrected chi connectivity index (χ4v) is 4.26. The summed E-state index contributed by atoms with van der Waals surface area (Å²) in [6, 6.07) is 0. The molecule has 1 saturated heterocycles. The van der Waals surface area contributed by atoms with E-state index >= 15 is 0 Å². The SMILES string of the molecule is CCCCS(=O)(=O)N1CCN(C(=O)c2cscn2)CC1. The largest absolute Gasteiger partial charge is 0.335 e. The zero-order chi connectivity index (χ0) is 14.6. The van der Waals surface area contributed by atoms with E-state index in [1.165, 1.54) is 15.6 Å². The van der Waals surface area contributed by atoms with Crippen LogP contribution in [0.3, 0.4) is 0 Å². The molecule has 0 spiro atoms. The highest BCUT2D eigenvalue weighted by atomic mass is 32.2. The Morgan fingerprint density at radius 1 is 1.35 bits per heavy atom. The molecule has 0 N–H and O–H groups in total. The highest BCUT2D eigenvalue weighted by Gasteiger charge is 2.29. The van der Waals surface area contributed by atoms with Gasteiger partial charge in [0, 0.05) is 31.6 Å². The monoisotopic (exact) mass is 317 g/mol. The lowest BCUT2D eigenvalue weighted by atomic mass is 10.3. The van der Waals surface area contributed by atoms with Gasteiger partial charge in [0.05, 0.1) is 11.3 Å². The van der Waals surface area contributed by atoms with Crippen molar-refractivity contribution in [3.8, 4) is 0 Å². The molecular weight excluding hydrogens is 298 g/mol. The third-order valence-corrected chi connectivity index (χ3v) is 5.87. The number of sulfonamides is 1. The van der Waals surface area contributed by atoms with Gasteiger partial charge in [-0.25, -0.2) is 13.4 Å². The maximum atomic E-state index is 12.1. The van der Waals surface area contributed by atoms with Crippen LogP contribution >= 0.6 is 11.3 Å². The maximum Gasteiger partial charge on any atom is 0.273 e. The van der Waals surface area contributed by atoms with Crippen LogP contribution in [0.2, 0.25) is 0 Å². The van der Waals surface area contributed by atoms with Gasteiger partial charge in [-0.05, 0) is 6.42 Å². The minimum atomic E-state index is -3.17. The molecule has 1 fully saturated rings. The molecule has 0 saturated carbocycles. The van der Waals surface area contributed by atoms with Gasteiger partial charge in [0.25, 0.3) is 5.91 Å². The Morgan fingerprint density at radius 2 is 2.05 bits per heavy atom. The minimum Gasteiger partial charge on any atom is -0.335 e. The maximum absolute atomic E-state index is 12.1. The zero-order valence-corrected chi connectivity index (χ0v) is 13.1. The Hall–Kier alpha value is -0.990. The third-order valence-electron chi connectivity index (χ3n) is 3.33. The molecule has 0 aromatic carbocycles. The van der Waals surface area contributed by atoms with Gasteiger partial charge in [-0.2, -0.15) is 4.31 Å². The average molecular weight is 317 g/mol. The van der Waals surface area contributed by atoms with E-state index in [4.69, 9.17) is 0 Å². The molecule has 0 atom stereocenters. The van der Waals surface area contributed by atoms with Crippen LogP contribution < -0.4 is 0 Å². The number of piperazine rings is 1. The lowest BCUT2D eigenvalue weighted by Gasteiger charge is -2.33. The van der Waals surface area contributed by atoms with Crippen molar-refractivity contribution in [3.63, 3.8) is 0 Å². The van der Waals surface area contributed by atoms with Crippen LogP contribution in [0.15, 0.2) is 10.9 Å². The van der Waals surface area contributed by atoms with E-state index in [1.807, 2.05) is 6.92 Å². The summed E-state index contributed by atoms with van der Waals surface area (Å²) in [5.74, 6) is 0.0839. The van der Waals surface area contributed by atoms with Crippen molar-refractivity contribution >= 4 is 27.3 Å². The summed E-state index contributed by atoms with van der Waals surface area (Å²) in [5, 5.41) is 1.71. The Kier molecular flexibility index (Phi) is 5.11. The van der Waals surface area contributed by atoms with Gasteiger partial charge in [-0.3, -0.25) is 4.79 Å². The summed E-state index contributed by atoms with van der Waals surface area (Å²) in [6.07, 6.45) is 1.54. The van der Waals surface area contributed by atoms with E-state index in [0.29, 0.717) is 38.3 Å².